The SMILES string of the molecule is CC1CCCC(C(O)c2ccccc2C2CCC2)C1. The van der Waals surface area contributed by atoms with E-state index in [1.54, 1.807) is 0 Å². The van der Waals surface area contributed by atoms with Crippen molar-refractivity contribution in [3.8, 4) is 0 Å². The van der Waals surface area contributed by atoms with Crippen molar-refractivity contribution >= 4 is 0 Å². The minimum Gasteiger partial charge on any atom is -0.388 e. The Hall–Kier alpha value is -0.820. The molecule has 0 bridgehead atoms. The van der Waals surface area contributed by atoms with Crippen LogP contribution in [0.15, 0.2) is 24.3 Å². The molecule has 3 rings (SSSR count). The van der Waals surface area contributed by atoms with Crippen LogP contribution in [0.1, 0.15) is 75.0 Å². The van der Waals surface area contributed by atoms with Crippen LogP contribution in [0, 0.1) is 11.8 Å². The van der Waals surface area contributed by atoms with Crippen LogP contribution in [0.3, 0.4) is 0 Å². The maximum absolute atomic E-state index is 10.8. The van der Waals surface area contributed by atoms with Gasteiger partial charge in [0.15, 0.2) is 0 Å². The Morgan fingerprint density at radius 3 is 2.47 bits per heavy atom. The van der Waals surface area contributed by atoms with E-state index in [-0.39, 0.29) is 6.10 Å². The molecule has 1 heteroatoms. The largest absolute Gasteiger partial charge is 0.388 e. The quantitative estimate of drug-likeness (QED) is 0.824. The molecule has 3 unspecified atom stereocenters. The van der Waals surface area contributed by atoms with E-state index in [0.717, 1.165) is 5.92 Å². The lowest BCUT2D eigenvalue weighted by Crippen LogP contribution is -2.22. The predicted octanol–water partition coefficient (Wildman–Crippen LogP) is 4.81. The van der Waals surface area contributed by atoms with Gasteiger partial charge in [-0.15, -0.1) is 0 Å². The van der Waals surface area contributed by atoms with Gasteiger partial charge in [-0.1, -0.05) is 50.5 Å². The molecule has 0 amide bonds. The monoisotopic (exact) mass is 258 g/mol. The zero-order chi connectivity index (χ0) is 13.2. The molecule has 0 heterocycles. The molecule has 1 aromatic rings. The highest BCUT2D eigenvalue weighted by Gasteiger charge is 2.30. The molecule has 0 aliphatic heterocycles. The van der Waals surface area contributed by atoms with Crippen molar-refractivity contribution in [3.63, 3.8) is 0 Å². The standard InChI is InChI=1S/C18H26O/c1-13-6-4-9-15(12-13)18(19)17-11-3-2-10-16(17)14-7-5-8-14/h2-3,10-11,13-15,18-19H,4-9,12H2,1H3. The highest BCUT2D eigenvalue weighted by Crippen LogP contribution is 2.43. The third kappa shape index (κ3) is 2.72. The summed E-state index contributed by atoms with van der Waals surface area (Å²) in [7, 11) is 0. The summed E-state index contributed by atoms with van der Waals surface area (Å²) in [6.45, 7) is 2.33. The maximum atomic E-state index is 10.8. The van der Waals surface area contributed by atoms with E-state index >= 15 is 0 Å². The van der Waals surface area contributed by atoms with E-state index in [4.69, 9.17) is 0 Å². The normalized spacial score (nSPS) is 29.8. The number of aliphatic hydroxyl groups excluding tert-OH is 1. The Morgan fingerprint density at radius 1 is 1.05 bits per heavy atom. The van der Waals surface area contributed by atoms with E-state index in [9.17, 15) is 5.11 Å². The van der Waals surface area contributed by atoms with Crippen LogP contribution in [-0.4, -0.2) is 5.11 Å². The average molecular weight is 258 g/mol. The Balaban J connectivity index is 1.80. The molecular formula is C18H26O. The predicted molar refractivity (Wildman–Crippen MR) is 79.1 cm³/mol. The minimum atomic E-state index is -0.237. The third-order valence-electron chi connectivity index (χ3n) is 5.28. The molecule has 0 spiro atoms. The first kappa shape index (κ1) is 13.2. The van der Waals surface area contributed by atoms with Gasteiger partial charge in [-0.3, -0.25) is 0 Å². The number of rotatable bonds is 3. The lowest BCUT2D eigenvalue weighted by atomic mass is 9.73. The van der Waals surface area contributed by atoms with Crippen LogP contribution in [0.25, 0.3) is 0 Å². The fraction of sp³-hybridized carbons (Fsp3) is 0.667. The molecule has 0 aromatic heterocycles. The van der Waals surface area contributed by atoms with Gasteiger partial charge >= 0.3 is 0 Å². The van der Waals surface area contributed by atoms with Gasteiger partial charge < -0.3 is 5.11 Å². The number of aliphatic hydroxyl groups is 1. The van der Waals surface area contributed by atoms with Crippen LogP contribution in [0.4, 0.5) is 0 Å². The Morgan fingerprint density at radius 2 is 1.79 bits per heavy atom. The topological polar surface area (TPSA) is 20.2 Å². The van der Waals surface area contributed by atoms with Crippen LogP contribution in [0.2, 0.25) is 0 Å². The van der Waals surface area contributed by atoms with Crippen molar-refractivity contribution in [3.05, 3.63) is 35.4 Å². The second-order valence-corrected chi connectivity index (χ2v) is 6.73. The van der Waals surface area contributed by atoms with Gasteiger partial charge in [0.1, 0.15) is 0 Å². The molecule has 0 radical (unpaired) electrons. The van der Waals surface area contributed by atoms with Crippen LogP contribution in [-0.2, 0) is 0 Å². The van der Waals surface area contributed by atoms with Crippen molar-refractivity contribution in [1.82, 2.24) is 0 Å². The number of hydrogen-bond donors (Lipinski definition) is 1. The first-order valence-electron chi connectivity index (χ1n) is 8.02. The van der Waals surface area contributed by atoms with Gasteiger partial charge in [0.05, 0.1) is 6.10 Å². The summed E-state index contributed by atoms with van der Waals surface area (Å²) in [5, 5.41) is 10.8. The molecule has 0 saturated heterocycles. The molecule has 2 saturated carbocycles. The van der Waals surface area contributed by atoms with E-state index < -0.39 is 0 Å². The van der Waals surface area contributed by atoms with Crippen molar-refractivity contribution in [2.45, 2.75) is 63.9 Å². The van der Waals surface area contributed by atoms with Crippen molar-refractivity contribution in [1.29, 1.82) is 0 Å². The average Bonchev–Trinajstić information content (AvgIpc) is 2.37. The van der Waals surface area contributed by atoms with E-state index in [1.807, 2.05) is 0 Å². The van der Waals surface area contributed by atoms with Gasteiger partial charge in [-0.25, -0.2) is 0 Å². The first-order valence-corrected chi connectivity index (χ1v) is 8.02. The molecule has 1 aromatic carbocycles. The van der Waals surface area contributed by atoms with Gasteiger partial charge in [0, 0.05) is 0 Å². The zero-order valence-corrected chi connectivity index (χ0v) is 12.0. The number of benzene rings is 1. The summed E-state index contributed by atoms with van der Waals surface area (Å²) in [5.74, 6) is 1.97. The first-order chi connectivity index (χ1) is 9.25. The summed E-state index contributed by atoms with van der Waals surface area (Å²) in [6, 6.07) is 8.63. The van der Waals surface area contributed by atoms with Crippen molar-refractivity contribution < 1.29 is 5.11 Å². The molecular weight excluding hydrogens is 232 g/mol. The third-order valence-corrected chi connectivity index (χ3v) is 5.28. The molecule has 104 valence electrons. The lowest BCUT2D eigenvalue weighted by Gasteiger charge is -2.34. The summed E-state index contributed by atoms with van der Waals surface area (Å²) in [4.78, 5) is 0. The van der Waals surface area contributed by atoms with Crippen LogP contribution in [0.5, 0.6) is 0 Å². The summed E-state index contributed by atoms with van der Waals surface area (Å²) in [6.07, 6.45) is 8.76. The second kappa shape index (κ2) is 5.66. The van der Waals surface area contributed by atoms with Gasteiger partial charge in [0.2, 0.25) is 0 Å². The molecule has 19 heavy (non-hydrogen) atoms. The van der Waals surface area contributed by atoms with E-state index in [0.29, 0.717) is 11.8 Å². The Kier molecular flexibility index (Phi) is 3.93. The summed E-state index contributed by atoms with van der Waals surface area (Å²) >= 11 is 0. The minimum absolute atomic E-state index is 0.237. The highest BCUT2D eigenvalue weighted by atomic mass is 16.3. The van der Waals surface area contributed by atoms with Crippen LogP contribution >= 0.6 is 0 Å². The molecule has 2 fully saturated rings. The second-order valence-electron chi connectivity index (χ2n) is 6.73. The summed E-state index contributed by atoms with van der Waals surface area (Å²) in [5.41, 5.74) is 2.66. The molecule has 2 aliphatic carbocycles. The van der Waals surface area contributed by atoms with Crippen molar-refractivity contribution in [2.75, 3.05) is 0 Å². The molecule has 1 N–H and O–H groups in total. The van der Waals surface area contributed by atoms with Crippen molar-refractivity contribution in [2.24, 2.45) is 11.8 Å². The Bertz CT molecular complexity index is 421. The Labute approximate surface area is 117 Å². The fourth-order valence-electron chi connectivity index (χ4n) is 3.89. The zero-order valence-electron chi connectivity index (χ0n) is 12.0. The lowest BCUT2D eigenvalue weighted by molar-refractivity contribution is 0.0700. The van der Waals surface area contributed by atoms with Crippen LogP contribution < -0.4 is 0 Å². The highest BCUT2D eigenvalue weighted by molar-refractivity contribution is 5.33. The summed E-state index contributed by atoms with van der Waals surface area (Å²) < 4.78 is 0. The molecule has 3 atom stereocenters. The molecule has 1 nitrogen and oxygen atoms in total. The maximum Gasteiger partial charge on any atom is 0.0821 e. The van der Waals surface area contributed by atoms with Gasteiger partial charge in [-0.2, -0.15) is 0 Å². The molecule has 2 aliphatic rings. The van der Waals surface area contributed by atoms with Gasteiger partial charge in [0.25, 0.3) is 0 Å². The smallest absolute Gasteiger partial charge is 0.0821 e. The van der Waals surface area contributed by atoms with E-state index in [2.05, 4.69) is 31.2 Å². The van der Waals surface area contributed by atoms with Gasteiger partial charge in [-0.05, 0) is 54.6 Å². The fourth-order valence-corrected chi connectivity index (χ4v) is 3.89. The number of hydrogen-bond acceptors (Lipinski definition) is 1. The van der Waals surface area contributed by atoms with E-state index in [1.165, 1.54) is 56.1 Å².